The van der Waals surface area contributed by atoms with Crippen LogP contribution in [0.25, 0.3) is 0 Å². The van der Waals surface area contributed by atoms with Gasteiger partial charge in [-0.25, -0.2) is 9.59 Å². The topological polar surface area (TPSA) is 198 Å². The number of nitrogens with one attached hydrogen (secondary N) is 1. The molecular weight excluding hydrogens is 825 g/mol. The average Bonchev–Trinajstić information content (AvgIpc) is 3.23. The SMILES string of the molecule is CC(C)(C)OC(=O)OC(=O)OC(C)(C)C.COC(CC1CCCC(C(=O)NCCc2ccccc2)N1C)OC.COC(CC1CCCC(C(=O)O)N1C)OC.NCCc1ccccc1. The fourth-order valence-electron chi connectivity index (χ4n) is 7.13. The summed E-state index contributed by atoms with van der Waals surface area (Å²) in [7, 11) is 10.4. The Balaban J connectivity index is 0.000000450. The molecule has 4 rings (SSSR count). The normalized spacial score (nSPS) is 19.1. The lowest BCUT2D eigenvalue weighted by molar-refractivity contribution is -0.149. The molecule has 2 fully saturated rings. The predicted molar refractivity (Wildman–Crippen MR) is 247 cm³/mol. The quantitative estimate of drug-likeness (QED) is 0.0921. The number of benzene rings is 2. The number of rotatable bonds is 15. The van der Waals surface area contributed by atoms with Crippen molar-refractivity contribution in [2.45, 2.75) is 154 Å². The Morgan fingerprint density at radius 1 is 0.656 bits per heavy atom. The fraction of sp³-hybridized carbons (Fsp3) is 0.667. The van der Waals surface area contributed by atoms with E-state index in [1.54, 1.807) is 70.0 Å². The van der Waals surface area contributed by atoms with Crippen molar-refractivity contribution in [1.82, 2.24) is 15.1 Å². The molecule has 4 atom stereocenters. The number of carboxylic acid groups (broad SMARTS) is 1. The summed E-state index contributed by atoms with van der Waals surface area (Å²) in [6.45, 7) is 11.4. The molecule has 0 radical (unpaired) electrons. The third-order valence-corrected chi connectivity index (χ3v) is 10.5. The minimum atomic E-state index is -1.06. The monoisotopic (exact) mass is 905 g/mol. The maximum Gasteiger partial charge on any atom is 0.519 e. The van der Waals surface area contributed by atoms with Crippen LogP contribution in [0.15, 0.2) is 60.7 Å². The number of methoxy groups -OCH3 is 4. The number of piperidine rings is 2. The van der Waals surface area contributed by atoms with Crippen LogP contribution < -0.4 is 11.1 Å². The summed E-state index contributed by atoms with van der Waals surface area (Å²) in [5, 5.41) is 12.2. The van der Waals surface area contributed by atoms with Gasteiger partial charge >= 0.3 is 18.3 Å². The van der Waals surface area contributed by atoms with E-state index >= 15 is 0 Å². The maximum absolute atomic E-state index is 12.6. The lowest BCUT2D eigenvalue weighted by atomic mass is 9.93. The van der Waals surface area contributed by atoms with Crippen molar-refractivity contribution in [3.05, 3.63) is 71.8 Å². The van der Waals surface area contributed by atoms with E-state index in [1.807, 2.05) is 55.4 Å². The Hall–Kier alpha value is -4.16. The molecule has 364 valence electrons. The summed E-state index contributed by atoms with van der Waals surface area (Å²) in [5.41, 5.74) is 6.54. The van der Waals surface area contributed by atoms with E-state index in [0.29, 0.717) is 19.0 Å². The van der Waals surface area contributed by atoms with Crippen molar-refractivity contribution in [2.24, 2.45) is 5.73 Å². The van der Waals surface area contributed by atoms with Crippen LogP contribution in [0.1, 0.15) is 104 Å². The third-order valence-electron chi connectivity index (χ3n) is 10.5. The van der Waals surface area contributed by atoms with Gasteiger partial charge in [0.2, 0.25) is 5.91 Å². The molecular formula is C48H80N4O12. The van der Waals surface area contributed by atoms with Crippen LogP contribution in [0.5, 0.6) is 0 Å². The van der Waals surface area contributed by atoms with Crippen molar-refractivity contribution in [3.63, 3.8) is 0 Å². The minimum absolute atomic E-state index is 0.0612. The Kier molecular flexibility index (Phi) is 27.9. The highest BCUT2D eigenvalue weighted by atomic mass is 16.8. The Morgan fingerprint density at radius 2 is 1.05 bits per heavy atom. The number of amides is 1. The maximum atomic E-state index is 12.6. The van der Waals surface area contributed by atoms with Crippen LogP contribution in [0, 0.1) is 0 Å². The van der Waals surface area contributed by atoms with E-state index in [-0.39, 0.29) is 36.6 Å². The van der Waals surface area contributed by atoms with Gasteiger partial charge in [-0.1, -0.05) is 60.7 Å². The Morgan fingerprint density at radius 3 is 1.42 bits per heavy atom. The highest BCUT2D eigenvalue weighted by Gasteiger charge is 2.35. The molecule has 0 bridgehead atoms. The minimum Gasteiger partial charge on any atom is -0.480 e. The van der Waals surface area contributed by atoms with Crippen molar-refractivity contribution >= 4 is 24.2 Å². The zero-order valence-electron chi connectivity index (χ0n) is 40.6. The van der Waals surface area contributed by atoms with Gasteiger partial charge in [-0.2, -0.15) is 0 Å². The molecule has 0 spiro atoms. The number of hydrogen-bond donors (Lipinski definition) is 3. The van der Waals surface area contributed by atoms with E-state index in [2.05, 4.69) is 39.2 Å². The van der Waals surface area contributed by atoms with Crippen molar-refractivity contribution in [1.29, 1.82) is 0 Å². The van der Waals surface area contributed by atoms with Gasteiger partial charge in [-0.3, -0.25) is 19.4 Å². The summed E-state index contributed by atoms with van der Waals surface area (Å²) in [4.78, 5) is 49.7. The van der Waals surface area contributed by atoms with E-state index in [0.717, 1.165) is 64.3 Å². The smallest absolute Gasteiger partial charge is 0.480 e. The molecule has 4 unspecified atom stereocenters. The van der Waals surface area contributed by atoms with E-state index < -0.39 is 29.5 Å². The van der Waals surface area contributed by atoms with Crippen LogP contribution in [0.2, 0.25) is 0 Å². The second-order valence-corrected chi connectivity index (χ2v) is 17.7. The first kappa shape index (κ1) is 57.9. The molecule has 2 heterocycles. The number of nitrogens with two attached hydrogens (primary N) is 1. The van der Waals surface area contributed by atoms with Crippen LogP contribution >= 0.6 is 0 Å². The third kappa shape index (κ3) is 24.8. The van der Waals surface area contributed by atoms with Crippen molar-refractivity contribution in [2.75, 3.05) is 55.6 Å². The van der Waals surface area contributed by atoms with Crippen LogP contribution in [-0.2, 0) is 55.6 Å². The van der Waals surface area contributed by atoms with Gasteiger partial charge in [0.15, 0.2) is 12.6 Å². The van der Waals surface area contributed by atoms with Crippen molar-refractivity contribution < 1.29 is 57.4 Å². The number of likely N-dealkylation sites (N-methyl/N-ethyl adjacent to an activating group) is 2. The van der Waals surface area contributed by atoms with Gasteiger partial charge < -0.3 is 49.3 Å². The van der Waals surface area contributed by atoms with Gasteiger partial charge in [0.25, 0.3) is 0 Å². The number of carboxylic acids is 1. The molecule has 2 aromatic carbocycles. The van der Waals surface area contributed by atoms with Gasteiger partial charge in [0, 0.05) is 59.9 Å². The molecule has 2 aliphatic rings. The van der Waals surface area contributed by atoms with E-state index in [9.17, 15) is 19.2 Å². The first-order chi connectivity index (χ1) is 30.2. The average molecular weight is 905 g/mol. The number of carbonyl (C=O) groups excluding carboxylic acids is 3. The number of likely N-dealkylation sites (tertiary alicyclic amines) is 2. The zero-order chi connectivity index (χ0) is 48.3. The lowest BCUT2D eigenvalue weighted by Crippen LogP contribution is -2.53. The standard InChI is InChI=1S/C19H30N2O3.C11H21NO4.C10H18O5.C8H11N/c1-21-16(14-18(23-2)24-3)10-7-11-17(21)19(22)20-13-12-15-8-5-4-6-9-15;1-12-8(7-10(15-2)16-3)5-4-6-9(12)11(13)14;1-9(2,3)14-7(11)13-8(12)15-10(4,5)6;9-7-6-8-4-2-1-3-5-8/h4-6,8-9,16-18H,7,10-14H2,1-3H3,(H,20,22);8-10H,4-7H2,1-3H3,(H,13,14);1-6H3;1-5H,6-7,9H2. The predicted octanol–water partition coefficient (Wildman–Crippen LogP) is 7.20. The number of ether oxygens (including phenoxy) is 7. The fourth-order valence-corrected chi connectivity index (χ4v) is 7.13. The summed E-state index contributed by atoms with van der Waals surface area (Å²) < 4.78 is 34.7. The molecule has 2 saturated heterocycles. The van der Waals surface area contributed by atoms with Gasteiger partial charge in [-0.05, 0) is 125 Å². The summed E-state index contributed by atoms with van der Waals surface area (Å²) in [6, 6.07) is 20.6. The first-order valence-electron chi connectivity index (χ1n) is 22.2. The molecule has 16 nitrogen and oxygen atoms in total. The molecule has 2 aromatic rings. The first-order valence-corrected chi connectivity index (χ1v) is 22.2. The molecule has 0 aromatic heterocycles. The lowest BCUT2D eigenvalue weighted by Gasteiger charge is -2.39. The van der Waals surface area contributed by atoms with E-state index in [1.165, 1.54) is 11.1 Å². The largest absolute Gasteiger partial charge is 0.519 e. The van der Waals surface area contributed by atoms with Crippen LogP contribution in [-0.4, -0.2) is 143 Å². The summed E-state index contributed by atoms with van der Waals surface area (Å²) >= 11 is 0. The number of carbonyl (C=O) groups is 4. The number of aliphatic carboxylic acids is 1. The van der Waals surface area contributed by atoms with Crippen LogP contribution in [0.3, 0.4) is 0 Å². The summed E-state index contributed by atoms with van der Waals surface area (Å²) in [5.74, 6) is -0.608. The number of nitrogens with zero attached hydrogens (tertiary/aromatic N) is 2. The van der Waals surface area contributed by atoms with Crippen LogP contribution in [0.4, 0.5) is 9.59 Å². The van der Waals surface area contributed by atoms with Crippen molar-refractivity contribution in [3.8, 4) is 0 Å². The molecule has 0 saturated carbocycles. The highest BCUT2D eigenvalue weighted by Crippen LogP contribution is 2.26. The molecule has 64 heavy (non-hydrogen) atoms. The molecule has 2 aliphatic heterocycles. The summed E-state index contributed by atoms with van der Waals surface area (Å²) in [6.07, 6.45) is 6.51. The van der Waals surface area contributed by atoms with Gasteiger partial charge in [-0.15, -0.1) is 0 Å². The molecule has 16 heteroatoms. The highest BCUT2D eigenvalue weighted by molar-refractivity contribution is 5.81. The second kappa shape index (κ2) is 30.9. The number of hydrogen-bond acceptors (Lipinski definition) is 14. The molecule has 1 amide bonds. The van der Waals surface area contributed by atoms with E-state index in [4.69, 9.17) is 39.3 Å². The van der Waals surface area contributed by atoms with Gasteiger partial charge in [0.1, 0.15) is 17.2 Å². The van der Waals surface area contributed by atoms with Gasteiger partial charge in [0.05, 0.1) is 6.04 Å². The zero-order valence-corrected chi connectivity index (χ0v) is 40.6. The Labute approximate surface area is 382 Å². The Bertz CT molecular complexity index is 1550. The molecule has 0 aliphatic carbocycles. The second-order valence-electron chi connectivity index (χ2n) is 17.7. The molecule has 4 N–H and O–H groups in total.